The molecule has 1 aliphatic heterocycles. The standard InChI is InChI=1S/C28H26N3.Ir/c1-19-9-8-10-20(2)27(19)26-18-29-28-23-12-5-4-11-22(23)24-17-21(13-14-25(24)31(26)28)30-15-6-3-7-16-30;/h4-5,8-11,13-14,17-18H,3,6-7,15-16H2,1-2H3;/q-1;. The number of benzene rings is 3. The van der Waals surface area contributed by atoms with Gasteiger partial charge in [0.25, 0.3) is 0 Å². The van der Waals surface area contributed by atoms with Gasteiger partial charge in [0.15, 0.2) is 0 Å². The average Bonchev–Trinajstić information content (AvgIpc) is 3.24. The molecule has 3 aromatic carbocycles. The number of rotatable bonds is 2. The number of fused-ring (bicyclic) bond motifs is 6. The monoisotopic (exact) mass is 597 g/mol. The molecule has 4 heteroatoms. The van der Waals surface area contributed by atoms with Crippen LogP contribution in [0.25, 0.3) is 38.6 Å². The first kappa shape index (κ1) is 21.2. The van der Waals surface area contributed by atoms with Crippen molar-refractivity contribution in [1.82, 2.24) is 9.38 Å². The van der Waals surface area contributed by atoms with Gasteiger partial charge in [-0.05, 0) is 67.8 Å². The van der Waals surface area contributed by atoms with Crippen LogP contribution in [0, 0.1) is 19.9 Å². The molecule has 6 rings (SSSR count). The molecule has 0 spiro atoms. The zero-order valence-corrected chi connectivity index (χ0v) is 20.9. The van der Waals surface area contributed by atoms with E-state index in [0.29, 0.717) is 0 Å². The van der Waals surface area contributed by atoms with Crippen molar-refractivity contribution in [3.63, 3.8) is 0 Å². The second kappa shape index (κ2) is 8.35. The molecule has 1 radical (unpaired) electrons. The molecular weight excluding hydrogens is 571 g/mol. The quantitative estimate of drug-likeness (QED) is 0.167. The molecule has 0 atom stereocenters. The maximum Gasteiger partial charge on any atom is 0.0639 e. The summed E-state index contributed by atoms with van der Waals surface area (Å²) in [6, 6.07) is 23.2. The molecule has 32 heavy (non-hydrogen) atoms. The molecular formula is C28H26IrN3-. The number of nitrogens with zero attached hydrogens (tertiary/aromatic N) is 3. The van der Waals surface area contributed by atoms with Crippen molar-refractivity contribution >= 4 is 33.0 Å². The van der Waals surface area contributed by atoms with Crippen LogP contribution in [0.15, 0.2) is 60.8 Å². The van der Waals surface area contributed by atoms with Gasteiger partial charge in [0.05, 0.1) is 11.3 Å². The van der Waals surface area contributed by atoms with Gasteiger partial charge in [-0.15, -0.1) is 29.7 Å². The molecule has 0 N–H and O–H groups in total. The predicted octanol–water partition coefficient (Wildman–Crippen LogP) is 6.71. The van der Waals surface area contributed by atoms with Gasteiger partial charge < -0.3 is 9.30 Å². The molecule has 163 valence electrons. The zero-order chi connectivity index (χ0) is 20.9. The van der Waals surface area contributed by atoms with E-state index < -0.39 is 0 Å². The number of anilines is 1. The van der Waals surface area contributed by atoms with Gasteiger partial charge in [0.1, 0.15) is 0 Å². The fourth-order valence-corrected chi connectivity index (χ4v) is 5.30. The van der Waals surface area contributed by atoms with Crippen LogP contribution in [0.2, 0.25) is 0 Å². The Morgan fingerprint density at radius 1 is 0.875 bits per heavy atom. The number of hydrogen-bond acceptors (Lipinski definition) is 2. The minimum absolute atomic E-state index is 0. The van der Waals surface area contributed by atoms with Crippen LogP contribution in [-0.2, 0) is 20.1 Å². The normalized spacial score (nSPS) is 14.2. The van der Waals surface area contributed by atoms with Crippen molar-refractivity contribution in [3.8, 4) is 11.3 Å². The van der Waals surface area contributed by atoms with Crippen molar-refractivity contribution in [2.24, 2.45) is 0 Å². The van der Waals surface area contributed by atoms with E-state index in [9.17, 15) is 0 Å². The SMILES string of the molecule is Cc1cccc(C)c1-c1cnc2c3[c-]cccc3c3cc(N4CCCCC4)ccc3n12.[Ir]. The number of pyridine rings is 1. The molecule has 0 unspecified atom stereocenters. The Kier molecular flexibility index (Phi) is 5.52. The third-order valence-electron chi connectivity index (χ3n) is 6.81. The minimum atomic E-state index is 0. The molecule has 2 aromatic heterocycles. The van der Waals surface area contributed by atoms with Crippen molar-refractivity contribution in [2.75, 3.05) is 18.0 Å². The molecule has 1 aliphatic rings. The maximum atomic E-state index is 4.89. The summed E-state index contributed by atoms with van der Waals surface area (Å²) in [7, 11) is 0. The van der Waals surface area contributed by atoms with Crippen LogP contribution in [0.3, 0.4) is 0 Å². The number of aromatic nitrogens is 2. The maximum absolute atomic E-state index is 4.89. The molecule has 0 aliphatic carbocycles. The Balaban J connectivity index is 0.00000216. The van der Waals surface area contributed by atoms with Crippen molar-refractivity contribution < 1.29 is 20.1 Å². The predicted molar refractivity (Wildman–Crippen MR) is 130 cm³/mol. The molecule has 0 saturated carbocycles. The van der Waals surface area contributed by atoms with Gasteiger partial charge in [-0.25, -0.2) is 0 Å². The van der Waals surface area contributed by atoms with Crippen LogP contribution in [-0.4, -0.2) is 22.5 Å². The summed E-state index contributed by atoms with van der Waals surface area (Å²) in [6.07, 6.45) is 5.94. The Hall–Kier alpha value is -2.68. The van der Waals surface area contributed by atoms with Gasteiger partial charge in [0, 0.05) is 56.2 Å². The summed E-state index contributed by atoms with van der Waals surface area (Å²) >= 11 is 0. The first-order valence-electron chi connectivity index (χ1n) is 11.3. The average molecular weight is 597 g/mol. The van der Waals surface area contributed by atoms with Crippen molar-refractivity contribution in [1.29, 1.82) is 0 Å². The molecule has 1 saturated heterocycles. The Morgan fingerprint density at radius 2 is 1.66 bits per heavy atom. The minimum Gasteiger partial charge on any atom is -0.372 e. The Labute approximate surface area is 202 Å². The van der Waals surface area contributed by atoms with E-state index in [-0.39, 0.29) is 20.1 Å². The van der Waals surface area contributed by atoms with E-state index in [1.165, 1.54) is 57.9 Å². The van der Waals surface area contributed by atoms with Crippen LogP contribution in [0.4, 0.5) is 5.69 Å². The van der Waals surface area contributed by atoms with E-state index in [0.717, 1.165) is 29.8 Å². The largest absolute Gasteiger partial charge is 0.372 e. The molecule has 3 heterocycles. The van der Waals surface area contributed by atoms with E-state index in [1.807, 2.05) is 12.3 Å². The molecule has 1 fully saturated rings. The van der Waals surface area contributed by atoms with Gasteiger partial charge in [-0.1, -0.05) is 23.6 Å². The summed E-state index contributed by atoms with van der Waals surface area (Å²) < 4.78 is 2.34. The third-order valence-corrected chi connectivity index (χ3v) is 6.81. The fourth-order valence-electron chi connectivity index (χ4n) is 5.30. The van der Waals surface area contributed by atoms with Gasteiger partial charge in [0.2, 0.25) is 0 Å². The van der Waals surface area contributed by atoms with Crippen LogP contribution in [0.1, 0.15) is 30.4 Å². The van der Waals surface area contributed by atoms with Gasteiger partial charge >= 0.3 is 0 Å². The first-order valence-corrected chi connectivity index (χ1v) is 11.3. The number of piperidine rings is 1. The van der Waals surface area contributed by atoms with Crippen LogP contribution >= 0.6 is 0 Å². The van der Waals surface area contributed by atoms with E-state index in [2.05, 4.69) is 77.7 Å². The van der Waals surface area contributed by atoms with Crippen LogP contribution in [0.5, 0.6) is 0 Å². The number of imidazole rings is 1. The second-order valence-electron chi connectivity index (χ2n) is 8.78. The summed E-state index contributed by atoms with van der Waals surface area (Å²) in [6.45, 7) is 6.67. The third kappa shape index (κ3) is 3.25. The summed E-state index contributed by atoms with van der Waals surface area (Å²) in [5.41, 5.74) is 8.48. The molecule has 3 nitrogen and oxygen atoms in total. The first-order chi connectivity index (χ1) is 15.2. The summed E-state index contributed by atoms with van der Waals surface area (Å²) in [4.78, 5) is 7.42. The second-order valence-corrected chi connectivity index (χ2v) is 8.78. The van der Waals surface area contributed by atoms with Gasteiger partial charge in [-0.2, -0.15) is 0 Å². The van der Waals surface area contributed by atoms with Gasteiger partial charge in [-0.3, -0.25) is 4.98 Å². The molecule has 0 amide bonds. The van der Waals surface area contributed by atoms with E-state index >= 15 is 0 Å². The zero-order valence-electron chi connectivity index (χ0n) is 18.5. The summed E-state index contributed by atoms with van der Waals surface area (Å²) in [5, 5.41) is 3.58. The van der Waals surface area contributed by atoms with Crippen molar-refractivity contribution in [3.05, 3.63) is 78.0 Å². The van der Waals surface area contributed by atoms with Crippen LogP contribution < -0.4 is 4.90 Å². The fraction of sp³-hybridized carbons (Fsp3) is 0.250. The molecule has 0 bridgehead atoms. The molecule has 5 aromatic rings. The van der Waals surface area contributed by atoms with E-state index in [4.69, 9.17) is 4.98 Å². The summed E-state index contributed by atoms with van der Waals surface area (Å²) in [5.74, 6) is 0. The number of hydrogen-bond donors (Lipinski definition) is 0. The Bertz CT molecular complexity index is 1420. The number of aryl methyl sites for hydroxylation is 2. The van der Waals surface area contributed by atoms with Crippen molar-refractivity contribution in [2.45, 2.75) is 33.1 Å². The Morgan fingerprint density at radius 3 is 2.44 bits per heavy atom. The topological polar surface area (TPSA) is 20.5 Å². The van der Waals surface area contributed by atoms with E-state index in [1.54, 1.807) is 0 Å². The smallest absolute Gasteiger partial charge is 0.0639 e.